The molecule has 1 heterocycles. The third-order valence-corrected chi connectivity index (χ3v) is 3.07. The van der Waals surface area contributed by atoms with Crippen LogP contribution in [0.25, 0.3) is 0 Å². The molecular weight excluding hydrogens is 222 g/mol. The summed E-state index contributed by atoms with van der Waals surface area (Å²) >= 11 is 0. The normalized spacial score (nSPS) is 20.5. The van der Waals surface area contributed by atoms with Crippen molar-refractivity contribution >= 4 is 5.97 Å². The Morgan fingerprint density at radius 1 is 1.41 bits per heavy atom. The molecule has 100 valence electrons. The number of ether oxygens (including phenoxy) is 3. The highest BCUT2D eigenvalue weighted by Gasteiger charge is 2.21. The van der Waals surface area contributed by atoms with Gasteiger partial charge in [0, 0.05) is 32.8 Å². The summed E-state index contributed by atoms with van der Waals surface area (Å²) in [5, 5.41) is 0. The molecule has 1 aliphatic rings. The van der Waals surface area contributed by atoms with E-state index in [1.165, 1.54) is 7.11 Å². The molecule has 0 aromatic rings. The quantitative estimate of drug-likeness (QED) is 0.617. The van der Waals surface area contributed by atoms with Gasteiger partial charge in [-0.05, 0) is 12.8 Å². The van der Waals surface area contributed by atoms with Gasteiger partial charge in [0.25, 0.3) is 0 Å². The monoisotopic (exact) mass is 245 g/mol. The van der Waals surface area contributed by atoms with Gasteiger partial charge in [0.1, 0.15) is 0 Å². The highest BCUT2D eigenvalue weighted by atomic mass is 16.5. The predicted octanol–water partition coefficient (Wildman–Crippen LogP) is 0.677. The van der Waals surface area contributed by atoms with Crippen molar-refractivity contribution in [2.75, 3.05) is 47.1 Å². The van der Waals surface area contributed by atoms with E-state index in [0.717, 1.165) is 32.6 Å². The summed E-state index contributed by atoms with van der Waals surface area (Å²) in [6.07, 6.45) is 2.65. The van der Waals surface area contributed by atoms with Crippen LogP contribution in [0.2, 0.25) is 0 Å². The van der Waals surface area contributed by atoms with Gasteiger partial charge in [-0.2, -0.15) is 0 Å². The molecule has 17 heavy (non-hydrogen) atoms. The molecule has 0 amide bonds. The number of carbonyl (C=O) groups is 1. The zero-order valence-corrected chi connectivity index (χ0v) is 10.8. The fourth-order valence-electron chi connectivity index (χ4n) is 2.03. The van der Waals surface area contributed by atoms with Crippen LogP contribution in [-0.2, 0) is 19.0 Å². The molecular formula is C12H23NO4. The first kappa shape index (κ1) is 14.4. The van der Waals surface area contributed by atoms with E-state index in [9.17, 15) is 4.79 Å². The molecule has 1 saturated heterocycles. The Kier molecular flexibility index (Phi) is 7.16. The SMILES string of the molecule is COCCN(CCC(=O)OC)C1CCCOC1. The maximum absolute atomic E-state index is 11.2. The summed E-state index contributed by atoms with van der Waals surface area (Å²) in [5.41, 5.74) is 0. The molecule has 1 rings (SSSR count). The molecule has 0 radical (unpaired) electrons. The van der Waals surface area contributed by atoms with Crippen molar-refractivity contribution in [1.29, 1.82) is 0 Å². The summed E-state index contributed by atoms with van der Waals surface area (Å²) in [5.74, 6) is -0.163. The molecule has 0 aromatic heterocycles. The van der Waals surface area contributed by atoms with Crippen LogP contribution in [0.3, 0.4) is 0 Å². The van der Waals surface area contributed by atoms with E-state index in [1.807, 2.05) is 0 Å². The maximum atomic E-state index is 11.2. The third-order valence-electron chi connectivity index (χ3n) is 3.07. The number of hydrogen-bond donors (Lipinski definition) is 0. The molecule has 0 saturated carbocycles. The first-order valence-electron chi connectivity index (χ1n) is 6.15. The van der Waals surface area contributed by atoms with Gasteiger partial charge in [0.2, 0.25) is 0 Å². The van der Waals surface area contributed by atoms with Gasteiger partial charge in [-0.25, -0.2) is 0 Å². The van der Waals surface area contributed by atoms with Gasteiger partial charge >= 0.3 is 5.97 Å². The van der Waals surface area contributed by atoms with Crippen molar-refractivity contribution in [3.63, 3.8) is 0 Å². The molecule has 5 nitrogen and oxygen atoms in total. The smallest absolute Gasteiger partial charge is 0.306 e. The van der Waals surface area contributed by atoms with Crippen LogP contribution in [0.1, 0.15) is 19.3 Å². The molecule has 1 aliphatic heterocycles. The molecule has 0 aliphatic carbocycles. The molecule has 1 fully saturated rings. The summed E-state index contributed by atoms with van der Waals surface area (Å²) < 4.78 is 15.2. The molecule has 0 N–H and O–H groups in total. The van der Waals surface area contributed by atoms with Crippen molar-refractivity contribution in [3.05, 3.63) is 0 Å². The highest BCUT2D eigenvalue weighted by molar-refractivity contribution is 5.69. The Morgan fingerprint density at radius 3 is 2.82 bits per heavy atom. The predicted molar refractivity (Wildman–Crippen MR) is 63.9 cm³/mol. The van der Waals surface area contributed by atoms with E-state index in [0.29, 0.717) is 25.6 Å². The van der Waals surface area contributed by atoms with Crippen molar-refractivity contribution in [1.82, 2.24) is 4.90 Å². The van der Waals surface area contributed by atoms with Gasteiger partial charge < -0.3 is 14.2 Å². The van der Waals surface area contributed by atoms with Gasteiger partial charge in [-0.15, -0.1) is 0 Å². The lowest BCUT2D eigenvalue weighted by Crippen LogP contribution is -2.43. The summed E-state index contributed by atoms with van der Waals surface area (Å²) in [4.78, 5) is 13.4. The van der Waals surface area contributed by atoms with Crippen LogP contribution in [0.15, 0.2) is 0 Å². The van der Waals surface area contributed by atoms with Crippen LogP contribution in [-0.4, -0.2) is 64.0 Å². The van der Waals surface area contributed by atoms with Gasteiger partial charge in [0.15, 0.2) is 0 Å². The summed E-state index contributed by atoms with van der Waals surface area (Å²) in [7, 11) is 3.11. The number of nitrogens with zero attached hydrogens (tertiary/aromatic N) is 1. The highest BCUT2D eigenvalue weighted by Crippen LogP contribution is 2.13. The van der Waals surface area contributed by atoms with Crippen LogP contribution in [0, 0.1) is 0 Å². The molecule has 0 aromatic carbocycles. The lowest BCUT2D eigenvalue weighted by Gasteiger charge is -2.33. The van der Waals surface area contributed by atoms with E-state index in [2.05, 4.69) is 9.64 Å². The zero-order valence-electron chi connectivity index (χ0n) is 10.8. The number of carbonyl (C=O) groups excluding carboxylic acids is 1. The largest absolute Gasteiger partial charge is 0.469 e. The van der Waals surface area contributed by atoms with E-state index in [4.69, 9.17) is 9.47 Å². The van der Waals surface area contributed by atoms with E-state index in [-0.39, 0.29) is 5.97 Å². The third kappa shape index (κ3) is 5.48. The maximum Gasteiger partial charge on any atom is 0.306 e. The molecule has 0 spiro atoms. The minimum Gasteiger partial charge on any atom is -0.469 e. The number of methoxy groups -OCH3 is 2. The number of esters is 1. The second-order valence-corrected chi connectivity index (χ2v) is 4.23. The Labute approximate surface area is 103 Å². The topological polar surface area (TPSA) is 48.0 Å². The molecule has 1 unspecified atom stereocenters. The average molecular weight is 245 g/mol. The fourth-order valence-corrected chi connectivity index (χ4v) is 2.03. The first-order chi connectivity index (χ1) is 8.27. The van der Waals surface area contributed by atoms with Crippen LogP contribution in [0.4, 0.5) is 0 Å². The second kappa shape index (κ2) is 8.44. The number of rotatable bonds is 7. The van der Waals surface area contributed by atoms with Crippen LogP contribution < -0.4 is 0 Å². The molecule has 5 heteroatoms. The van der Waals surface area contributed by atoms with Gasteiger partial charge in [-0.1, -0.05) is 0 Å². The van der Waals surface area contributed by atoms with Crippen molar-refractivity contribution in [2.24, 2.45) is 0 Å². The lowest BCUT2D eigenvalue weighted by molar-refractivity contribution is -0.141. The van der Waals surface area contributed by atoms with Crippen molar-refractivity contribution in [2.45, 2.75) is 25.3 Å². The average Bonchev–Trinajstić information content (AvgIpc) is 2.39. The van der Waals surface area contributed by atoms with Gasteiger partial charge in [0.05, 0.1) is 26.7 Å². The molecule has 1 atom stereocenters. The zero-order chi connectivity index (χ0) is 12.5. The van der Waals surface area contributed by atoms with Crippen LogP contribution >= 0.6 is 0 Å². The first-order valence-corrected chi connectivity index (χ1v) is 6.15. The second-order valence-electron chi connectivity index (χ2n) is 4.23. The Balaban J connectivity index is 2.37. The minimum atomic E-state index is -0.163. The lowest BCUT2D eigenvalue weighted by atomic mass is 10.1. The minimum absolute atomic E-state index is 0.163. The Morgan fingerprint density at radius 2 is 2.24 bits per heavy atom. The summed E-state index contributed by atoms with van der Waals surface area (Å²) in [6, 6.07) is 0.406. The van der Waals surface area contributed by atoms with E-state index < -0.39 is 0 Å². The van der Waals surface area contributed by atoms with E-state index in [1.54, 1.807) is 7.11 Å². The van der Waals surface area contributed by atoms with E-state index >= 15 is 0 Å². The summed E-state index contributed by atoms with van der Waals surface area (Å²) in [6.45, 7) is 3.83. The van der Waals surface area contributed by atoms with Crippen LogP contribution in [0.5, 0.6) is 0 Å². The number of hydrogen-bond acceptors (Lipinski definition) is 5. The fraction of sp³-hybridized carbons (Fsp3) is 0.917. The Bertz CT molecular complexity index is 217. The Hall–Kier alpha value is -0.650. The van der Waals surface area contributed by atoms with Gasteiger partial charge in [-0.3, -0.25) is 9.69 Å². The van der Waals surface area contributed by atoms with Crippen molar-refractivity contribution < 1.29 is 19.0 Å². The molecule has 0 bridgehead atoms. The standard InChI is InChI=1S/C12H23NO4/c1-15-9-7-13(6-5-12(14)16-2)11-4-3-8-17-10-11/h11H,3-10H2,1-2H3. The van der Waals surface area contributed by atoms with Crippen molar-refractivity contribution in [3.8, 4) is 0 Å².